The number of fused-ring (bicyclic) bond motifs is 1. The molecule has 3 atom stereocenters. The van der Waals surface area contributed by atoms with Gasteiger partial charge in [0.05, 0.1) is 12.2 Å². The monoisotopic (exact) mass is 140 g/mol. The molecule has 0 amide bonds. The van der Waals surface area contributed by atoms with E-state index in [1.807, 2.05) is 0 Å². The Morgan fingerprint density at radius 1 is 1.10 bits per heavy atom. The molecule has 3 unspecified atom stereocenters. The van der Waals surface area contributed by atoms with Gasteiger partial charge in [0.2, 0.25) is 0 Å². The lowest BCUT2D eigenvalue weighted by Crippen LogP contribution is -2.05. The molecule has 0 bridgehead atoms. The lowest BCUT2D eigenvalue weighted by atomic mass is 9.93. The Kier molecular flexibility index (Phi) is 1.69. The van der Waals surface area contributed by atoms with E-state index >= 15 is 0 Å². The van der Waals surface area contributed by atoms with Crippen molar-refractivity contribution in [2.45, 2.75) is 51.2 Å². The summed E-state index contributed by atoms with van der Waals surface area (Å²) in [6.07, 6.45) is 8.23. The second-order valence-electron chi connectivity index (χ2n) is 3.84. The minimum Gasteiger partial charge on any atom is -0.370 e. The average molecular weight is 140 g/mol. The number of hydrogen-bond donors (Lipinski definition) is 0. The summed E-state index contributed by atoms with van der Waals surface area (Å²) in [5.74, 6) is 0.912. The van der Waals surface area contributed by atoms with Crippen molar-refractivity contribution in [2.75, 3.05) is 0 Å². The topological polar surface area (TPSA) is 12.5 Å². The zero-order valence-electron chi connectivity index (χ0n) is 6.68. The molecule has 1 nitrogen and oxygen atoms in total. The standard InChI is InChI=1S/C9H16O/c1-7-4-2-3-5-8-9(6-7)10-8/h7-9H,2-6H2,1H3. The van der Waals surface area contributed by atoms with Gasteiger partial charge < -0.3 is 4.74 Å². The first kappa shape index (κ1) is 6.66. The van der Waals surface area contributed by atoms with Crippen LogP contribution >= 0.6 is 0 Å². The van der Waals surface area contributed by atoms with E-state index in [4.69, 9.17) is 4.74 Å². The first-order valence-electron chi connectivity index (χ1n) is 4.52. The number of rotatable bonds is 0. The van der Waals surface area contributed by atoms with E-state index in [1.165, 1.54) is 32.1 Å². The molecular weight excluding hydrogens is 124 g/mol. The summed E-state index contributed by atoms with van der Waals surface area (Å²) in [7, 11) is 0. The molecule has 1 saturated carbocycles. The highest BCUT2D eigenvalue weighted by atomic mass is 16.6. The predicted octanol–water partition coefficient (Wildman–Crippen LogP) is 2.35. The first-order valence-corrected chi connectivity index (χ1v) is 4.52. The normalized spacial score (nSPS) is 47.1. The molecule has 0 aromatic heterocycles. The summed E-state index contributed by atoms with van der Waals surface area (Å²) in [5.41, 5.74) is 0. The molecule has 1 heterocycles. The summed E-state index contributed by atoms with van der Waals surface area (Å²) in [6.45, 7) is 2.35. The van der Waals surface area contributed by atoms with Gasteiger partial charge in [0.15, 0.2) is 0 Å². The molecule has 2 fully saturated rings. The quantitative estimate of drug-likeness (QED) is 0.470. The molecule has 58 valence electrons. The Bertz CT molecular complexity index is 122. The Hall–Kier alpha value is -0.0400. The molecule has 0 spiro atoms. The van der Waals surface area contributed by atoms with Gasteiger partial charge in [0, 0.05) is 0 Å². The van der Waals surface area contributed by atoms with E-state index in [1.54, 1.807) is 0 Å². The van der Waals surface area contributed by atoms with Crippen molar-refractivity contribution in [3.05, 3.63) is 0 Å². The second-order valence-corrected chi connectivity index (χ2v) is 3.84. The van der Waals surface area contributed by atoms with Gasteiger partial charge in [-0.25, -0.2) is 0 Å². The molecule has 1 heteroatoms. The molecular formula is C9H16O. The highest BCUT2D eigenvalue weighted by Gasteiger charge is 2.39. The van der Waals surface area contributed by atoms with Crippen molar-refractivity contribution < 1.29 is 4.74 Å². The van der Waals surface area contributed by atoms with Crippen molar-refractivity contribution in [1.82, 2.24) is 0 Å². The molecule has 0 N–H and O–H groups in total. The average Bonchev–Trinajstić information content (AvgIpc) is 2.54. The first-order chi connectivity index (χ1) is 4.86. The van der Waals surface area contributed by atoms with Gasteiger partial charge in [-0.2, -0.15) is 0 Å². The molecule has 1 saturated heterocycles. The van der Waals surface area contributed by atoms with E-state index in [9.17, 15) is 0 Å². The van der Waals surface area contributed by atoms with Crippen LogP contribution in [0.15, 0.2) is 0 Å². The van der Waals surface area contributed by atoms with E-state index in [0.717, 1.165) is 5.92 Å². The van der Waals surface area contributed by atoms with Crippen LogP contribution < -0.4 is 0 Å². The molecule has 0 radical (unpaired) electrons. The number of hydrogen-bond acceptors (Lipinski definition) is 1. The molecule has 10 heavy (non-hydrogen) atoms. The Morgan fingerprint density at radius 2 is 1.90 bits per heavy atom. The van der Waals surface area contributed by atoms with Gasteiger partial charge in [-0.3, -0.25) is 0 Å². The summed E-state index contributed by atoms with van der Waals surface area (Å²) < 4.78 is 5.51. The van der Waals surface area contributed by atoms with Crippen molar-refractivity contribution in [3.8, 4) is 0 Å². The highest BCUT2D eigenvalue weighted by molar-refractivity contribution is 4.87. The Balaban J connectivity index is 1.85. The maximum Gasteiger partial charge on any atom is 0.0844 e. The second kappa shape index (κ2) is 2.54. The molecule has 2 aliphatic rings. The fourth-order valence-electron chi connectivity index (χ4n) is 1.99. The Labute approximate surface area is 62.8 Å². The smallest absolute Gasteiger partial charge is 0.0844 e. The van der Waals surface area contributed by atoms with Crippen LogP contribution in [0.1, 0.15) is 39.0 Å². The van der Waals surface area contributed by atoms with Crippen LogP contribution in [-0.4, -0.2) is 12.2 Å². The van der Waals surface area contributed by atoms with Crippen LogP contribution in [0.5, 0.6) is 0 Å². The van der Waals surface area contributed by atoms with Crippen LogP contribution in [0.4, 0.5) is 0 Å². The highest BCUT2D eigenvalue weighted by Crippen LogP contribution is 2.36. The summed E-state index contributed by atoms with van der Waals surface area (Å²) >= 11 is 0. The Morgan fingerprint density at radius 3 is 2.80 bits per heavy atom. The van der Waals surface area contributed by atoms with Crippen LogP contribution in [-0.2, 0) is 4.74 Å². The lowest BCUT2D eigenvalue weighted by molar-refractivity contribution is 0.342. The maximum absolute atomic E-state index is 5.51. The zero-order valence-corrected chi connectivity index (χ0v) is 6.68. The van der Waals surface area contributed by atoms with Gasteiger partial charge in [0.1, 0.15) is 0 Å². The minimum atomic E-state index is 0.662. The molecule has 2 rings (SSSR count). The van der Waals surface area contributed by atoms with Gasteiger partial charge in [-0.15, -0.1) is 0 Å². The largest absolute Gasteiger partial charge is 0.370 e. The van der Waals surface area contributed by atoms with Gasteiger partial charge in [-0.1, -0.05) is 26.2 Å². The summed E-state index contributed by atoms with van der Waals surface area (Å²) in [6, 6.07) is 0. The van der Waals surface area contributed by atoms with E-state index in [-0.39, 0.29) is 0 Å². The van der Waals surface area contributed by atoms with Crippen LogP contribution in [0.2, 0.25) is 0 Å². The lowest BCUT2D eigenvalue weighted by Gasteiger charge is -2.11. The van der Waals surface area contributed by atoms with Crippen molar-refractivity contribution in [1.29, 1.82) is 0 Å². The van der Waals surface area contributed by atoms with Crippen molar-refractivity contribution >= 4 is 0 Å². The van der Waals surface area contributed by atoms with Crippen LogP contribution in [0, 0.1) is 5.92 Å². The predicted molar refractivity (Wildman–Crippen MR) is 40.9 cm³/mol. The maximum atomic E-state index is 5.51. The SMILES string of the molecule is CC1CCCCC2OC2C1. The third kappa shape index (κ3) is 1.34. The molecule has 0 aromatic rings. The summed E-state index contributed by atoms with van der Waals surface area (Å²) in [5, 5.41) is 0. The van der Waals surface area contributed by atoms with Crippen molar-refractivity contribution in [3.63, 3.8) is 0 Å². The van der Waals surface area contributed by atoms with Crippen molar-refractivity contribution in [2.24, 2.45) is 5.92 Å². The third-order valence-corrected chi connectivity index (χ3v) is 2.76. The van der Waals surface area contributed by atoms with Gasteiger partial charge in [0.25, 0.3) is 0 Å². The van der Waals surface area contributed by atoms with Crippen LogP contribution in [0.3, 0.4) is 0 Å². The molecule has 1 aliphatic heterocycles. The van der Waals surface area contributed by atoms with E-state index in [0.29, 0.717) is 12.2 Å². The van der Waals surface area contributed by atoms with Crippen LogP contribution in [0.25, 0.3) is 0 Å². The molecule has 1 aliphatic carbocycles. The van der Waals surface area contributed by atoms with E-state index in [2.05, 4.69) is 6.92 Å². The molecule has 0 aromatic carbocycles. The summed E-state index contributed by atoms with van der Waals surface area (Å²) in [4.78, 5) is 0. The number of ether oxygens (including phenoxy) is 1. The fraction of sp³-hybridized carbons (Fsp3) is 1.00. The zero-order chi connectivity index (χ0) is 6.97. The fourth-order valence-corrected chi connectivity index (χ4v) is 1.99. The van der Waals surface area contributed by atoms with Gasteiger partial charge >= 0.3 is 0 Å². The third-order valence-electron chi connectivity index (χ3n) is 2.76. The van der Waals surface area contributed by atoms with Gasteiger partial charge in [-0.05, 0) is 18.8 Å². The number of epoxide rings is 1. The minimum absolute atomic E-state index is 0.662. The van der Waals surface area contributed by atoms with E-state index < -0.39 is 0 Å².